The summed E-state index contributed by atoms with van der Waals surface area (Å²) in [7, 11) is 0. The lowest BCUT2D eigenvalue weighted by Gasteiger charge is -2.30. The van der Waals surface area contributed by atoms with Gasteiger partial charge >= 0.3 is 0 Å². The van der Waals surface area contributed by atoms with Crippen LogP contribution in [-0.4, -0.2) is 32.1 Å². The number of hydrogen-bond acceptors (Lipinski definition) is 5. The van der Waals surface area contributed by atoms with Gasteiger partial charge in [-0.25, -0.2) is 0 Å². The van der Waals surface area contributed by atoms with E-state index >= 15 is 0 Å². The number of nitrogens with one attached hydrogen (secondary N) is 2. The van der Waals surface area contributed by atoms with Crippen molar-refractivity contribution >= 4 is 34.3 Å². The Labute approximate surface area is 168 Å². The van der Waals surface area contributed by atoms with Crippen LogP contribution in [0.15, 0.2) is 48.5 Å². The third kappa shape index (κ3) is 3.15. The second kappa shape index (κ2) is 6.96. The van der Waals surface area contributed by atoms with Crippen LogP contribution in [0, 0.1) is 0 Å². The monoisotopic (exact) mass is 390 g/mol. The maximum Gasteiger partial charge on any atom is 0.266 e. The number of carbonyl (C=O) groups is 1. The summed E-state index contributed by atoms with van der Waals surface area (Å²) >= 11 is 1.55. The molecular weight excluding hydrogens is 368 g/mol. The van der Waals surface area contributed by atoms with Crippen LogP contribution in [0.25, 0.3) is 10.4 Å². The van der Waals surface area contributed by atoms with E-state index in [-0.39, 0.29) is 5.91 Å². The largest absolute Gasteiger partial charge is 0.399 e. The Balaban J connectivity index is 1.50. The van der Waals surface area contributed by atoms with Crippen LogP contribution in [0.5, 0.6) is 0 Å². The molecule has 5 nitrogen and oxygen atoms in total. The minimum atomic E-state index is -0.0182. The van der Waals surface area contributed by atoms with Crippen LogP contribution < -0.4 is 21.3 Å². The minimum absolute atomic E-state index is 0.0182. The average Bonchev–Trinajstić information content (AvgIpc) is 3.09. The van der Waals surface area contributed by atoms with Gasteiger partial charge in [0.25, 0.3) is 5.91 Å². The van der Waals surface area contributed by atoms with Crippen LogP contribution >= 0.6 is 11.3 Å². The fourth-order valence-electron chi connectivity index (χ4n) is 3.89. The topological polar surface area (TPSA) is 70.4 Å². The number of rotatable bonds is 2. The maximum absolute atomic E-state index is 12.8. The molecule has 0 unspecified atom stereocenters. The summed E-state index contributed by atoms with van der Waals surface area (Å²) in [6.07, 6.45) is 0.759. The van der Waals surface area contributed by atoms with E-state index in [0.29, 0.717) is 0 Å². The van der Waals surface area contributed by atoms with Crippen molar-refractivity contribution in [2.45, 2.75) is 6.42 Å². The van der Waals surface area contributed by atoms with Crippen molar-refractivity contribution in [1.82, 2.24) is 5.32 Å². The number of thiophene rings is 1. The summed E-state index contributed by atoms with van der Waals surface area (Å²) in [5.41, 5.74) is 12.0. The van der Waals surface area contributed by atoms with Gasteiger partial charge in [0, 0.05) is 54.5 Å². The highest BCUT2D eigenvalue weighted by Gasteiger charge is 2.23. The van der Waals surface area contributed by atoms with E-state index in [4.69, 9.17) is 5.73 Å². The summed E-state index contributed by atoms with van der Waals surface area (Å²) in [6.45, 7) is 4.03. The second-order valence-corrected chi connectivity index (χ2v) is 8.35. The van der Waals surface area contributed by atoms with E-state index in [9.17, 15) is 4.79 Å². The normalized spacial score (nSPS) is 16.1. The third-order valence-electron chi connectivity index (χ3n) is 5.41. The summed E-state index contributed by atoms with van der Waals surface area (Å²) in [4.78, 5) is 17.1. The second-order valence-electron chi connectivity index (χ2n) is 7.30. The smallest absolute Gasteiger partial charge is 0.266 e. The molecule has 6 heteroatoms. The van der Waals surface area contributed by atoms with Crippen LogP contribution in [0.4, 0.5) is 17.1 Å². The average molecular weight is 391 g/mol. The molecule has 0 spiro atoms. The molecule has 2 aliphatic rings. The van der Waals surface area contributed by atoms with E-state index in [1.807, 2.05) is 30.3 Å². The number of nitrogens with two attached hydrogens (primary N) is 1. The molecular formula is C22H22N4OS. The number of benzene rings is 2. The third-order valence-corrected chi connectivity index (χ3v) is 6.64. The van der Waals surface area contributed by atoms with Crippen LogP contribution in [0.3, 0.4) is 0 Å². The van der Waals surface area contributed by atoms with Crippen LogP contribution in [0.2, 0.25) is 0 Å². The molecule has 1 fully saturated rings. The van der Waals surface area contributed by atoms with E-state index < -0.39 is 0 Å². The molecule has 4 N–H and O–H groups in total. The van der Waals surface area contributed by atoms with Crippen LogP contribution in [0.1, 0.15) is 20.8 Å². The SMILES string of the molecule is Nc1ccc(-c2cc3c(s2)C(=O)Nc2ccc(N4CCNCC4)cc2C3)cc1. The van der Waals surface area contributed by atoms with Gasteiger partial charge in [0.2, 0.25) is 0 Å². The Morgan fingerprint density at radius 2 is 1.75 bits per heavy atom. The number of fused-ring (bicyclic) bond motifs is 2. The molecule has 5 rings (SSSR count). The number of piperazine rings is 1. The van der Waals surface area contributed by atoms with Gasteiger partial charge in [0.1, 0.15) is 0 Å². The molecule has 0 aliphatic carbocycles. The Kier molecular flexibility index (Phi) is 4.30. The van der Waals surface area contributed by atoms with Gasteiger partial charge in [0.15, 0.2) is 0 Å². The molecule has 0 atom stereocenters. The van der Waals surface area contributed by atoms with Crippen molar-refractivity contribution in [3.05, 3.63) is 64.5 Å². The van der Waals surface area contributed by atoms with Crippen molar-refractivity contribution in [3.63, 3.8) is 0 Å². The fraction of sp³-hybridized carbons (Fsp3) is 0.227. The number of anilines is 3. The molecule has 28 heavy (non-hydrogen) atoms. The summed E-state index contributed by atoms with van der Waals surface area (Å²) < 4.78 is 0. The Bertz CT molecular complexity index is 1040. The molecule has 3 aromatic rings. The van der Waals surface area contributed by atoms with Gasteiger partial charge in [-0.15, -0.1) is 11.3 Å². The van der Waals surface area contributed by atoms with Gasteiger partial charge in [-0.05, 0) is 53.1 Å². The molecule has 3 heterocycles. The lowest BCUT2D eigenvalue weighted by molar-refractivity contribution is 0.103. The van der Waals surface area contributed by atoms with E-state index in [1.54, 1.807) is 11.3 Å². The molecule has 0 radical (unpaired) electrons. The summed E-state index contributed by atoms with van der Waals surface area (Å²) in [6, 6.07) is 16.4. The summed E-state index contributed by atoms with van der Waals surface area (Å²) in [5, 5.41) is 6.50. The summed E-state index contributed by atoms with van der Waals surface area (Å²) in [5.74, 6) is -0.0182. The van der Waals surface area contributed by atoms with E-state index in [2.05, 4.69) is 33.7 Å². The number of nitrogen functional groups attached to an aromatic ring is 1. The first-order valence-corrected chi connectivity index (χ1v) is 10.4. The van der Waals surface area contributed by atoms with Crippen molar-refractivity contribution in [1.29, 1.82) is 0 Å². The van der Waals surface area contributed by atoms with Crippen molar-refractivity contribution in [3.8, 4) is 10.4 Å². The zero-order chi connectivity index (χ0) is 19.1. The molecule has 1 aromatic heterocycles. The molecule has 1 saturated heterocycles. The molecule has 1 amide bonds. The first kappa shape index (κ1) is 17.3. The highest BCUT2D eigenvalue weighted by Crippen LogP contribution is 2.37. The van der Waals surface area contributed by atoms with Crippen LogP contribution in [-0.2, 0) is 6.42 Å². The zero-order valence-electron chi connectivity index (χ0n) is 15.5. The molecule has 142 valence electrons. The first-order valence-electron chi connectivity index (χ1n) is 9.56. The highest BCUT2D eigenvalue weighted by atomic mass is 32.1. The van der Waals surface area contributed by atoms with Gasteiger partial charge in [-0.1, -0.05) is 12.1 Å². The number of carbonyl (C=O) groups excluding carboxylic acids is 1. The molecule has 2 aromatic carbocycles. The standard InChI is InChI=1S/C22H22N4OS/c23-17-3-1-14(2-4-17)20-13-16-11-15-12-18(26-9-7-24-8-10-26)5-6-19(15)25-22(27)21(16)28-20/h1-6,12-13,24H,7-11,23H2,(H,25,27). The Morgan fingerprint density at radius 1 is 0.964 bits per heavy atom. The van der Waals surface area contributed by atoms with Crippen molar-refractivity contribution in [2.24, 2.45) is 0 Å². The Hall–Kier alpha value is -2.83. The predicted octanol–water partition coefficient (Wildman–Crippen LogP) is 3.56. The minimum Gasteiger partial charge on any atom is -0.399 e. The number of amides is 1. The molecule has 0 saturated carbocycles. The fourth-order valence-corrected chi connectivity index (χ4v) is 4.98. The van der Waals surface area contributed by atoms with Gasteiger partial charge in [-0.2, -0.15) is 0 Å². The van der Waals surface area contributed by atoms with Gasteiger partial charge in [0.05, 0.1) is 4.88 Å². The predicted molar refractivity (Wildman–Crippen MR) is 116 cm³/mol. The van der Waals surface area contributed by atoms with Crippen molar-refractivity contribution in [2.75, 3.05) is 42.1 Å². The number of nitrogens with zero attached hydrogens (tertiary/aromatic N) is 1. The molecule has 2 aliphatic heterocycles. The van der Waals surface area contributed by atoms with E-state index in [0.717, 1.165) is 64.9 Å². The zero-order valence-corrected chi connectivity index (χ0v) is 16.3. The maximum atomic E-state index is 12.8. The lowest BCUT2D eigenvalue weighted by atomic mass is 10.0. The lowest BCUT2D eigenvalue weighted by Crippen LogP contribution is -2.43. The first-order chi connectivity index (χ1) is 13.7. The van der Waals surface area contributed by atoms with E-state index in [1.165, 1.54) is 11.3 Å². The van der Waals surface area contributed by atoms with Gasteiger partial charge in [-0.3, -0.25) is 4.79 Å². The van der Waals surface area contributed by atoms with Gasteiger partial charge < -0.3 is 21.3 Å². The van der Waals surface area contributed by atoms with Crippen molar-refractivity contribution < 1.29 is 4.79 Å². The Morgan fingerprint density at radius 3 is 2.54 bits per heavy atom. The highest BCUT2D eigenvalue weighted by molar-refractivity contribution is 7.17. The number of hydrogen-bond donors (Lipinski definition) is 3. The molecule has 0 bridgehead atoms. The quantitative estimate of drug-likeness (QED) is 0.585.